The average molecular weight is 334 g/mol. The third-order valence-corrected chi connectivity index (χ3v) is 3.73. The zero-order valence-corrected chi connectivity index (χ0v) is 12.0. The minimum absolute atomic E-state index is 0.159. The van der Waals surface area contributed by atoms with Crippen molar-refractivity contribution in [3.8, 4) is 0 Å². The second kappa shape index (κ2) is 6.34. The lowest BCUT2D eigenvalue weighted by Crippen LogP contribution is -2.36. The van der Waals surface area contributed by atoms with Crippen LogP contribution in [0.3, 0.4) is 0 Å². The smallest absolute Gasteiger partial charge is 0.222 e. The Labute approximate surface area is 111 Å². The molecule has 0 atom stereocenters. The Morgan fingerprint density at radius 1 is 1.31 bits per heavy atom. The van der Waals surface area contributed by atoms with Gasteiger partial charge in [-0.1, -0.05) is 13.8 Å². The standard InChI is InChI=1S/C11H19IN4/c1-3-11(4-2,7-13)8-16-10-14-5-9(12)6-15-10/h5-6H,3-4,7-8,13H2,1-2H3,(H,14,15,16). The Balaban J connectivity index is 2.58. The average Bonchev–Trinajstić information content (AvgIpc) is 2.34. The number of nitrogens with zero attached hydrogens (tertiary/aromatic N) is 2. The van der Waals surface area contributed by atoms with E-state index in [0.717, 1.165) is 23.0 Å². The summed E-state index contributed by atoms with van der Waals surface area (Å²) in [5.74, 6) is 0.681. The van der Waals surface area contributed by atoms with Crippen LogP contribution in [0, 0.1) is 8.99 Å². The molecule has 1 aromatic heterocycles. The molecule has 0 bridgehead atoms. The molecule has 0 aliphatic carbocycles. The van der Waals surface area contributed by atoms with Crippen molar-refractivity contribution in [1.82, 2.24) is 9.97 Å². The predicted octanol–water partition coefficient (Wildman–Crippen LogP) is 2.26. The number of anilines is 1. The third kappa shape index (κ3) is 3.55. The van der Waals surface area contributed by atoms with E-state index in [1.54, 1.807) is 12.4 Å². The number of hydrogen-bond acceptors (Lipinski definition) is 4. The van der Waals surface area contributed by atoms with E-state index >= 15 is 0 Å². The van der Waals surface area contributed by atoms with Gasteiger partial charge in [-0.15, -0.1) is 0 Å². The molecule has 0 aromatic carbocycles. The van der Waals surface area contributed by atoms with E-state index < -0.39 is 0 Å². The van der Waals surface area contributed by atoms with Crippen molar-refractivity contribution in [1.29, 1.82) is 0 Å². The predicted molar refractivity (Wildman–Crippen MR) is 75.3 cm³/mol. The van der Waals surface area contributed by atoms with Crippen LogP contribution in [0.1, 0.15) is 26.7 Å². The largest absolute Gasteiger partial charge is 0.354 e. The van der Waals surface area contributed by atoms with Crippen LogP contribution < -0.4 is 11.1 Å². The molecular weight excluding hydrogens is 315 g/mol. The Morgan fingerprint density at radius 2 is 1.88 bits per heavy atom. The van der Waals surface area contributed by atoms with Gasteiger partial charge < -0.3 is 11.1 Å². The van der Waals surface area contributed by atoms with Gasteiger partial charge >= 0.3 is 0 Å². The van der Waals surface area contributed by atoms with Crippen LogP contribution in [-0.2, 0) is 0 Å². The SMILES string of the molecule is CCC(CC)(CN)CNc1ncc(I)cn1. The summed E-state index contributed by atoms with van der Waals surface area (Å²) < 4.78 is 1.04. The van der Waals surface area contributed by atoms with Crippen LogP contribution in [0.15, 0.2) is 12.4 Å². The highest BCUT2D eigenvalue weighted by Gasteiger charge is 2.24. The Bertz CT molecular complexity index is 300. The highest BCUT2D eigenvalue weighted by molar-refractivity contribution is 14.1. The molecule has 0 spiro atoms. The fraction of sp³-hybridized carbons (Fsp3) is 0.636. The van der Waals surface area contributed by atoms with E-state index in [9.17, 15) is 0 Å². The molecule has 0 saturated heterocycles. The first-order valence-corrected chi connectivity index (χ1v) is 6.65. The minimum Gasteiger partial charge on any atom is -0.354 e. The number of rotatable bonds is 6. The number of hydrogen-bond donors (Lipinski definition) is 2. The van der Waals surface area contributed by atoms with E-state index in [-0.39, 0.29) is 5.41 Å². The van der Waals surface area contributed by atoms with Gasteiger partial charge in [0.15, 0.2) is 0 Å². The summed E-state index contributed by atoms with van der Waals surface area (Å²) in [6.45, 7) is 5.87. The lowest BCUT2D eigenvalue weighted by Gasteiger charge is -2.30. The van der Waals surface area contributed by atoms with Crippen LogP contribution in [0.5, 0.6) is 0 Å². The molecule has 5 heteroatoms. The third-order valence-electron chi connectivity index (χ3n) is 3.17. The first-order chi connectivity index (χ1) is 7.65. The second-order valence-corrected chi connectivity index (χ2v) is 5.24. The van der Waals surface area contributed by atoms with Gasteiger partial charge in [-0.25, -0.2) is 9.97 Å². The monoisotopic (exact) mass is 334 g/mol. The van der Waals surface area contributed by atoms with E-state index in [2.05, 4.69) is 51.7 Å². The van der Waals surface area contributed by atoms with E-state index in [1.807, 2.05) is 0 Å². The maximum absolute atomic E-state index is 5.84. The second-order valence-electron chi connectivity index (χ2n) is 3.99. The van der Waals surface area contributed by atoms with Crippen LogP contribution in [-0.4, -0.2) is 23.1 Å². The highest BCUT2D eigenvalue weighted by Crippen LogP contribution is 2.24. The minimum atomic E-state index is 0.159. The fourth-order valence-corrected chi connectivity index (χ4v) is 1.81. The summed E-state index contributed by atoms with van der Waals surface area (Å²) in [6, 6.07) is 0. The number of aromatic nitrogens is 2. The molecule has 0 fully saturated rings. The van der Waals surface area contributed by atoms with Crippen molar-refractivity contribution < 1.29 is 0 Å². The van der Waals surface area contributed by atoms with Crippen molar-refractivity contribution in [3.05, 3.63) is 16.0 Å². The van der Waals surface area contributed by atoms with Gasteiger partial charge in [0, 0.05) is 22.5 Å². The summed E-state index contributed by atoms with van der Waals surface area (Å²) in [4.78, 5) is 8.43. The molecule has 1 heterocycles. The van der Waals surface area contributed by atoms with Gasteiger partial charge in [0.05, 0.1) is 0 Å². The molecule has 16 heavy (non-hydrogen) atoms. The highest BCUT2D eigenvalue weighted by atomic mass is 127. The van der Waals surface area contributed by atoms with Gasteiger partial charge in [0.25, 0.3) is 0 Å². The topological polar surface area (TPSA) is 63.8 Å². The molecular formula is C11H19IN4. The molecule has 1 aromatic rings. The summed E-state index contributed by atoms with van der Waals surface area (Å²) in [7, 11) is 0. The van der Waals surface area contributed by atoms with Crippen LogP contribution in [0.25, 0.3) is 0 Å². The number of nitrogens with two attached hydrogens (primary N) is 1. The van der Waals surface area contributed by atoms with Crippen LogP contribution in [0.4, 0.5) is 5.95 Å². The first-order valence-electron chi connectivity index (χ1n) is 5.57. The summed E-state index contributed by atoms with van der Waals surface area (Å²) >= 11 is 2.19. The summed E-state index contributed by atoms with van der Waals surface area (Å²) in [5, 5.41) is 3.26. The Morgan fingerprint density at radius 3 is 2.31 bits per heavy atom. The van der Waals surface area contributed by atoms with Gasteiger partial charge in [-0.05, 0) is 47.4 Å². The van der Waals surface area contributed by atoms with Crippen LogP contribution in [0.2, 0.25) is 0 Å². The molecule has 4 nitrogen and oxygen atoms in total. The molecule has 1 rings (SSSR count). The van der Waals surface area contributed by atoms with Gasteiger partial charge in [0.1, 0.15) is 0 Å². The fourth-order valence-electron chi connectivity index (χ4n) is 1.53. The Hall–Kier alpha value is -0.430. The van der Waals surface area contributed by atoms with Crippen molar-refractivity contribution >= 4 is 28.5 Å². The molecule has 90 valence electrons. The number of nitrogens with one attached hydrogen (secondary N) is 1. The van der Waals surface area contributed by atoms with Crippen LogP contribution >= 0.6 is 22.6 Å². The van der Waals surface area contributed by atoms with Crippen molar-refractivity contribution in [2.45, 2.75) is 26.7 Å². The quantitative estimate of drug-likeness (QED) is 0.784. The lowest BCUT2D eigenvalue weighted by atomic mass is 9.82. The lowest BCUT2D eigenvalue weighted by molar-refractivity contribution is 0.294. The molecule has 3 N–H and O–H groups in total. The van der Waals surface area contributed by atoms with E-state index in [1.165, 1.54) is 0 Å². The van der Waals surface area contributed by atoms with Gasteiger partial charge in [-0.3, -0.25) is 0 Å². The van der Waals surface area contributed by atoms with Crippen molar-refractivity contribution in [2.75, 3.05) is 18.4 Å². The molecule has 0 saturated carbocycles. The van der Waals surface area contributed by atoms with E-state index in [4.69, 9.17) is 5.73 Å². The zero-order valence-electron chi connectivity index (χ0n) is 9.83. The van der Waals surface area contributed by atoms with E-state index in [0.29, 0.717) is 12.5 Å². The van der Waals surface area contributed by atoms with Gasteiger partial charge in [0.2, 0.25) is 5.95 Å². The normalized spacial score (nSPS) is 11.5. The molecule has 0 aliphatic rings. The summed E-state index contributed by atoms with van der Waals surface area (Å²) in [5.41, 5.74) is 5.99. The van der Waals surface area contributed by atoms with Gasteiger partial charge in [-0.2, -0.15) is 0 Å². The maximum atomic E-state index is 5.84. The van der Waals surface area contributed by atoms with Crippen molar-refractivity contribution in [3.63, 3.8) is 0 Å². The maximum Gasteiger partial charge on any atom is 0.222 e. The zero-order chi connectivity index (χ0) is 12.0. The summed E-state index contributed by atoms with van der Waals surface area (Å²) in [6.07, 6.45) is 5.74. The molecule has 0 aliphatic heterocycles. The van der Waals surface area contributed by atoms with Crippen molar-refractivity contribution in [2.24, 2.45) is 11.1 Å². The first kappa shape index (κ1) is 13.6. The Kier molecular flexibility index (Phi) is 5.40. The molecule has 0 unspecified atom stereocenters. The molecule has 0 amide bonds. The molecule has 0 radical (unpaired) electrons. The number of halogens is 1.